The van der Waals surface area contributed by atoms with Gasteiger partial charge in [-0.25, -0.2) is 0 Å². The number of hydrogen-bond acceptors (Lipinski definition) is 3. The molecule has 37 heavy (non-hydrogen) atoms. The Morgan fingerprint density at radius 2 is 1.03 bits per heavy atom. The maximum Gasteiger partial charge on any atom is 0.220 e. The van der Waals surface area contributed by atoms with Crippen molar-refractivity contribution in [2.24, 2.45) is 0 Å². The first-order chi connectivity index (χ1) is 18.2. The zero-order chi connectivity index (χ0) is 27.2. The van der Waals surface area contributed by atoms with Gasteiger partial charge in [0.2, 0.25) is 5.91 Å². The molecule has 0 aliphatic rings. The zero-order valence-corrected chi connectivity index (χ0v) is 24.7. The third-order valence-corrected chi connectivity index (χ3v) is 7.18. The van der Waals surface area contributed by atoms with E-state index in [9.17, 15) is 15.0 Å². The molecule has 0 bridgehead atoms. The maximum atomic E-state index is 12.2. The number of hydrogen-bond donors (Lipinski definition) is 3. The lowest BCUT2D eigenvalue weighted by Crippen LogP contribution is -2.45. The number of carbonyl (C=O) groups is 1. The molecule has 1 amide bonds. The fourth-order valence-corrected chi connectivity index (χ4v) is 4.64. The molecule has 2 unspecified atom stereocenters. The Bertz CT molecular complexity index is 532. The van der Waals surface area contributed by atoms with Crippen LogP contribution in [0.5, 0.6) is 0 Å². The summed E-state index contributed by atoms with van der Waals surface area (Å²) in [5, 5.41) is 22.6. The van der Waals surface area contributed by atoms with E-state index in [2.05, 4.69) is 31.3 Å². The van der Waals surface area contributed by atoms with Gasteiger partial charge in [0.1, 0.15) is 0 Å². The highest BCUT2D eigenvalue weighted by molar-refractivity contribution is 5.76. The molecule has 0 radical (unpaired) electrons. The molecule has 3 N–H and O–H groups in total. The fraction of sp³-hybridized carbons (Fsp3) is 0.848. The average Bonchev–Trinajstić information content (AvgIpc) is 2.90. The van der Waals surface area contributed by atoms with Crippen molar-refractivity contribution in [2.45, 2.75) is 174 Å². The second-order valence-electron chi connectivity index (χ2n) is 10.9. The van der Waals surface area contributed by atoms with Gasteiger partial charge in [-0.05, 0) is 44.9 Å². The molecule has 0 saturated heterocycles. The van der Waals surface area contributed by atoms with Gasteiger partial charge in [0.25, 0.3) is 0 Å². The van der Waals surface area contributed by atoms with E-state index in [1.54, 1.807) is 6.08 Å². The van der Waals surface area contributed by atoms with Gasteiger partial charge >= 0.3 is 0 Å². The SMILES string of the molecule is CCCCCC/C=C/C(O)C(CO)NC(=O)CCCCCCCCCCC/C=C\CCCCCCCC. The zero-order valence-electron chi connectivity index (χ0n) is 24.7. The smallest absolute Gasteiger partial charge is 0.220 e. The Balaban J connectivity index is 3.54. The number of carbonyl (C=O) groups excluding carboxylic acids is 1. The predicted octanol–water partition coefficient (Wildman–Crippen LogP) is 8.95. The summed E-state index contributed by atoms with van der Waals surface area (Å²) in [6, 6.07) is -0.616. The molecule has 2 atom stereocenters. The van der Waals surface area contributed by atoms with Gasteiger partial charge in [0, 0.05) is 6.42 Å². The molecule has 218 valence electrons. The second-order valence-corrected chi connectivity index (χ2v) is 10.9. The first kappa shape index (κ1) is 35.9. The summed E-state index contributed by atoms with van der Waals surface area (Å²) in [6.45, 7) is 4.21. The van der Waals surface area contributed by atoms with Gasteiger partial charge in [0.15, 0.2) is 0 Å². The Kier molecular flexibility index (Phi) is 28.5. The molecule has 0 aromatic rings. The van der Waals surface area contributed by atoms with E-state index in [0.717, 1.165) is 25.7 Å². The van der Waals surface area contributed by atoms with Gasteiger partial charge in [-0.3, -0.25) is 4.79 Å². The summed E-state index contributed by atoms with van der Waals surface area (Å²) < 4.78 is 0. The standard InChI is InChI=1S/C33H63NO3/c1-3-5-7-9-11-12-13-14-15-16-17-18-19-20-21-22-23-25-27-29-33(37)34-31(30-35)32(36)28-26-24-10-8-6-4-2/h14-15,26,28,31-32,35-36H,3-13,16-25,27,29-30H2,1-2H3,(H,34,37)/b15-14-,28-26+. The predicted molar refractivity (Wildman–Crippen MR) is 161 cm³/mol. The third kappa shape index (κ3) is 26.3. The minimum absolute atomic E-state index is 0.0736. The highest BCUT2D eigenvalue weighted by Crippen LogP contribution is 2.13. The van der Waals surface area contributed by atoms with Crippen molar-refractivity contribution in [3.63, 3.8) is 0 Å². The molecule has 0 heterocycles. The Labute approximate surface area is 230 Å². The van der Waals surface area contributed by atoms with Gasteiger partial charge < -0.3 is 15.5 Å². The summed E-state index contributed by atoms with van der Waals surface area (Å²) in [5.74, 6) is -0.0736. The van der Waals surface area contributed by atoms with E-state index in [4.69, 9.17) is 0 Å². The summed E-state index contributed by atoms with van der Waals surface area (Å²) in [4.78, 5) is 12.2. The molecule has 0 aliphatic heterocycles. The molecule has 4 nitrogen and oxygen atoms in total. The monoisotopic (exact) mass is 521 g/mol. The van der Waals surface area contributed by atoms with Gasteiger partial charge in [-0.1, -0.05) is 134 Å². The van der Waals surface area contributed by atoms with Crippen molar-refractivity contribution >= 4 is 5.91 Å². The van der Waals surface area contributed by atoms with Gasteiger partial charge in [0.05, 0.1) is 18.8 Å². The van der Waals surface area contributed by atoms with Crippen molar-refractivity contribution in [3.8, 4) is 0 Å². The van der Waals surface area contributed by atoms with Crippen LogP contribution in [0.15, 0.2) is 24.3 Å². The maximum absolute atomic E-state index is 12.2. The summed E-state index contributed by atoms with van der Waals surface area (Å²) >= 11 is 0. The number of aliphatic hydroxyl groups is 2. The molecule has 0 aliphatic carbocycles. The van der Waals surface area contributed by atoms with E-state index >= 15 is 0 Å². The van der Waals surface area contributed by atoms with Crippen LogP contribution in [0, 0.1) is 0 Å². The van der Waals surface area contributed by atoms with Crippen LogP contribution >= 0.6 is 0 Å². The summed E-state index contributed by atoms with van der Waals surface area (Å²) in [7, 11) is 0. The number of rotatable bonds is 28. The minimum atomic E-state index is -0.832. The lowest BCUT2D eigenvalue weighted by molar-refractivity contribution is -0.123. The lowest BCUT2D eigenvalue weighted by Gasteiger charge is -2.20. The largest absolute Gasteiger partial charge is 0.394 e. The van der Waals surface area contributed by atoms with Gasteiger partial charge in [-0.2, -0.15) is 0 Å². The fourth-order valence-electron chi connectivity index (χ4n) is 4.64. The van der Waals surface area contributed by atoms with E-state index < -0.39 is 12.1 Å². The molecule has 0 spiro atoms. The van der Waals surface area contributed by atoms with E-state index in [0.29, 0.717) is 6.42 Å². The minimum Gasteiger partial charge on any atom is -0.394 e. The van der Waals surface area contributed by atoms with Crippen LogP contribution in [0.25, 0.3) is 0 Å². The molecule has 0 aromatic heterocycles. The third-order valence-electron chi connectivity index (χ3n) is 7.18. The average molecular weight is 522 g/mol. The quantitative estimate of drug-likeness (QED) is 0.0711. The van der Waals surface area contributed by atoms with Crippen LogP contribution < -0.4 is 5.32 Å². The van der Waals surface area contributed by atoms with Crippen LogP contribution in [0.2, 0.25) is 0 Å². The topological polar surface area (TPSA) is 69.6 Å². The normalized spacial score (nSPS) is 13.5. The van der Waals surface area contributed by atoms with Crippen molar-refractivity contribution in [1.29, 1.82) is 0 Å². The van der Waals surface area contributed by atoms with Crippen molar-refractivity contribution in [3.05, 3.63) is 24.3 Å². The van der Waals surface area contributed by atoms with Crippen molar-refractivity contribution in [1.82, 2.24) is 5.32 Å². The molecule has 4 heteroatoms. The molecule has 0 aromatic carbocycles. The van der Waals surface area contributed by atoms with E-state index in [1.165, 1.54) is 116 Å². The van der Waals surface area contributed by atoms with Crippen LogP contribution in [-0.4, -0.2) is 34.9 Å². The highest BCUT2D eigenvalue weighted by atomic mass is 16.3. The number of unbranched alkanes of at least 4 members (excludes halogenated alkanes) is 19. The van der Waals surface area contributed by atoms with Crippen LogP contribution in [-0.2, 0) is 4.79 Å². The number of amides is 1. The van der Waals surface area contributed by atoms with Crippen molar-refractivity contribution < 1.29 is 15.0 Å². The molecular formula is C33H63NO3. The van der Waals surface area contributed by atoms with Crippen LogP contribution in [0.3, 0.4) is 0 Å². The summed E-state index contributed by atoms with van der Waals surface area (Å²) in [6.07, 6.45) is 35.6. The highest BCUT2D eigenvalue weighted by Gasteiger charge is 2.17. The molecule has 0 fully saturated rings. The van der Waals surface area contributed by atoms with E-state index in [1.807, 2.05) is 6.08 Å². The number of allylic oxidation sites excluding steroid dienone is 3. The first-order valence-corrected chi connectivity index (χ1v) is 16.1. The van der Waals surface area contributed by atoms with Crippen LogP contribution in [0.1, 0.15) is 162 Å². The molecule has 0 saturated carbocycles. The molecule has 0 rings (SSSR count). The number of aliphatic hydroxyl groups excluding tert-OH is 2. The number of nitrogens with one attached hydrogen (secondary N) is 1. The van der Waals surface area contributed by atoms with Crippen molar-refractivity contribution in [2.75, 3.05) is 6.61 Å². The Morgan fingerprint density at radius 1 is 0.622 bits per heavy atom. The second kappa shape index (κ2) is 29.4. The Morgan fingerprint density at radius 3 is 1.51 bits per heavy atom. The summed E-state index contributed by atoms with van der Waals surface area (Å²) in [5.41, 5.74) is 0. The lowest BCUT2D eigenvalue weighted by atomic mass is 10.0. The van der Waals surface area contributed by atoms with Gasteiger partial charge in [-0.15, -0.1) is 0 Å². The molecular weight excluding hydrogens is 458 g/mol. The van der Waals surface area contributed by atoms with E-state index in [-0.39, 0.29) is 12.5 Å². The van der Waals surface area contributed by atoms with Crippen LogP contribution in [0.4, 0.5) is 0 Å². The Hall–Kier alpha value is -1.13. The first-order valence-electron chi connectivity index (χ1n) is 16.1.